The fourth-order valence-corrected chi connectivity index (χ4v) is 8.29. The van der Waals surface area contributed by atoms with Gasteiger partial charge in [-0.2, -0.15) is 0 Å². The van der Waals surface area contributed by atoms with Crippen molar-refractivity contribution < 1.29 is 14.7 Å². The van der Waals surface area contributed by atoms with Crippen LogP contribution in [0.4, 0.5) is 0 Å². The maximum absolute atomic E-state index is 14.0. The minimum atomic E-state index is -1.31. The molecule has 1 N–H and O–H groups in total. The average molecular weight is 521 g/mol. The Bertz CT molecular complexity index is 1240. The fraction of sp³-hybridized carbons (Fsp3) is 0.667. The summed E-state index contributed by atoms with van der Waals surface area (Å²) >= 11 is 0. The van der Waals surface area contributed by atoms with Crippen LogP contribution in [0.15, 0.2) is 34.2 Å². The molecule has 3 heterocycles. The molecule has 0 radical (unpaired) electrons. The molecule has 3 unspecified atom stereocenters. The first-order valence-corrected chi connectivity index (χ1v) is 14.8. The van der Waals surface area contributed by atoms with Gasteiger partial charge in [0.25, 0.3) is 5.56 Å². The molecule has 4 bridgehead atoms. The fourth-order valence-electron chi connectivity index (χ4n) is 8.29. The first-order valence-electron chi connectivity index (χ1n) is 14.8. The molecule has 8 nitrogen and oxygen atoms in total. The number of aliphatic carboxylic acids is 1. The lowest BCUT2D eigenvalue weighted by Gasteiger charge is -2.54. The molecule has 204 valence electrons. The third-order valence-corrected chi connectivity index (χ3v) is 9.65. The lowest BCUT2D eigenvalue weighted by Crippen LogP contribution is -2.58. The molecule has 0 amide bonds. The second kappa shape index (κ2) is 10.8. The SMILES string of the molecule is CCO/N=C(\C(=O)O)c1nc2ccccc2n(C2C[C@H]3CCC[C@@H](C2)N3C2CC3CCCCC(C3)C2)c1=O. The molecule has 1 aromatic heterocycles. The van der Waals surface area contributed by atoms with Gasteiger partial charge in [0.2, 0.25) is 5.71 Å². The molecule has 2 saturated carbocycles. The Labute approximate surface area is 224 Å². The Morgan fingerprint density at radius 1 is 0.947 bits per heavy atom. The van der Waals surface area contributed by atoms with Crippen molar-refractivity contribution in [3.8, 4) is 0 Å². The molecule has 1 aromatic carbocycles. The van der Waals surface area contributed by atoms with Crippen molar-refractivity contribution in [1.82, 2.24) is 14.5 Å². The van der Waals surface area contributed by atoms with Crippen LogP contribution in [0.1, 0.15) is 95.7 Å². The number of carboxylic acid groups (broad SMARTS) is 1. The molecule has 6 rings (SSSR count). The average Bonchev–Trinajstić information content (AvgIpc) is 3.07. The number of hydrogen-bond acceptors (Lipinski definition) is 6. The summed E-state index contributed by atoms with van der Waals surface area (Å²) in [5, 5.41) is 13.6. The summed E-state index contributed by atoms with van der Waals surface area (Å²) in [6.45, 7) is 1.94. The molecule has 0 spiro atoms. The summed E-state index contributed by atoms with van der Waals surface area (Å²) in [5.41, 5.74) is 0.413. The summed E-state index contributed by atoms with van der Waals surface area (Å²) in [6, 6.07) is 9.18. The van der Waals surface area contributed by atoms with Crippen molar-refractivity contribution >= 4 is 22.7 Å². The zero-order valence-electron chi connectivity index (χ0n) is 22.4. The number of carbonyl (C=O) groups is 1. The van der Waals surface area contributed by atoms with Gasteiger partial charge in [0.1, 0.15) is 6.61 Å². The number of carboxylic acids is 1. The molecule has 2 aliphatic carbocycles. The minimum Gasteiger partial charge on any atom is -0.476 e. The van der Waals surface area contributed by atoms with Gasteiger partial charge in [-0.25, -0.2) is 9.78 Å². The van der Waals surface area contributed by atoms with Crippen LogP contribution in [0.5, 0.6) is 0 Å². The molecule has 2 saturated heterocycles. The predicted octanol–water partition coefficient (Wildman–Crippen LogP) is 5.14. The maximum atomic E-state index is 14.0. The Hall–Kier alpha value is -2.74. The van der Waals surface area contributed by atoms with Crippen molar-refractivity contribution in [3.05, 3.63) is 40.3 Å². The summed E-state index contributed by atoms with van der Waals surface area (Å²) in [5.74, 6) is 0.455. The van der Waals surface area contributed by atoms with Gasteiger partial charge in [-0.1, -0.05) is 49.4 Å². The minimum absolute atomic E-state index is 0.00806. The van der Waals surface area contributed by atoms with E-state index in [1.165, 1.54) is 64.2 Å². The number of piperidine rings is 2. The Morgan fingerprint density at radius 3 is 2.29 bits per heavy atom. The molecule has 8 heteroatoms. The van der Waals surface area contributed by atoms with Crippen LogP contribution >= 0.6 is 0 Å². The second-order valence-corrected chi connectivity index (χ2v) is 12.0. The van der Waals surface area contributed by atoms with Gasteiger partial charge in [-0.15, -0.1) is 0 Å². The Kier molecular flexibility index (Phi) is 7.25. The number of fused-ring (bicyclic) bond motifs is 5. The number of hydrogen-bond donors (Lipinski definition) is 1. The van der Waals surface area contributed by atoms with E-state index in [2.05, 4.69) is 15.0 Å². The van der Waals surface area contributed by atoms with Crippen molar-refractivity contribution in [1.29, 1.82) is 0 Å². The number of nitrogens with zero attached hydrogens (tertiary/aromatic N) is 4. The third-order valence-electron chi connectivity index (χ3n) is 9.65. The van der Waals surface area contributed by atoms with E-state index in [1.54, 1.807) is 6.92 Å². The normalized spacial score (nSPS) is 32.1. The lowest BCUT2D eigenvalue weighted by molar-refractivity contribution is -0.129. The van der Waals surface area contributed by atoms with Gasteiger partial charge >= 0.3 is 5.97 Å². The highest BCUT2D eigenvalue weighted by Crippen LogP contribution is 2.47. The van der Waals surface area contributed by atoms with E-state index in [1.807, 2.05) is 28.8 Å². The van der Waals surface area contributed by atoms with Crippen LogP contribution in [0.2, 0.25) is 0 Å². The van der Waals surface area contributed by atoms with Crippen LogP contribution in [0.25, 0.3) is 11.0 Å². The second-order valence-electron chi connectivity index (χ2n) is 12.0. The molecule has 4 fully saturated rings. The molecule has 2 aromatic rings. The monoisotopic (exact) mass is 520 g/mol. The molecule has 2 aliphatic heterocycles. The number of aromatic nitrogens is 2. The van der Waals surface area contributed by atoms with Gasteiger partial charge in [-0.05, 0) is 75.8 Å². The van der Waals surface area contributed by atoms with E-state index in [0.717, 1.165) is 30.2 Å². The molecule has 4 aliphatic rings. The van der Waals surface area contributed by atoms with E-state index < -0.39 is 11.7 Å². The highest BCUT2D eigenvalue weighted by atomic mass is 16.6. The first-order chi connectivity index (χ1) is 18.5. The van der Waals surface area contributed by atoms with Gasteiger partial charge in [-0.3, -0.25) is 9.69 Å². The number of para-hydroxylation sites is 2. The lowest BCUT2D eigenvalue weighted by atomic mass is 9.73. The van der Waals surface area contributed by atoms with Crippen LogP contribution in [0.3, 0.4) is 0 Å². The summed E-state index contributed by atoms with van der Waals surface area (Å²) in [4.78, 5) is 38.4. The van der Waals surface area contributed by atoms with Crippen LogP contribution in [0, 0.1) is 11.8 Å². The quantitative estimate of drug-likeness (QED) is 0.419. The highest BCUT2D eigenvalue weighted by Gasteiger charge is 2.45. The topological polar surface area (TPSA) is 97.0 Å². The van der Waals surface area contributed by atoms with Crippen LogP contribution < -0.4 is 5.56 Å². The van der Waals surface area contributed by atoms with E-state index in [9.17, 15) is 14.7 Å². The van der Waals surface area contributed by atoms with E-state index in [0.29, 0.717) is 23.6 Å². The highest BCUT2D eigenvalue weighted by molar-refractivity contribution is 6.41. The first kappa shape index (κ1) is 25.5. The van der Waals surface area contributed by atoms with Gasteiger partial charge in [0.15, 0.2) is 5.69 Å². The van der Waals surface area contributed by atoms with Crippen LogP contribution in [-0.2, 0) is 9.63 Å². The smallest absolute Gasteiger partial charge is 0.360 e. The third kappa shape index (κ3) is 4.76. The summed E-state index contributed by atoms with van der Waals surface area (Å²) in [7, 11) is 0. The van der Waals surface area contributed by atoms with E-state index in [4.69, 9.17) is 4.84 Å². The zero-order chi connectivity index (χ0) is 26.2. The molecule has 5 atom stereocenters. The summed E-state index contributed by atoms with van der Waals surface area (Å²) < 4.78 is 1.84. The van der Waals surface area contributed by atoms with Crippen molar-refractivity contribution in [2.75, 3.05) is 6.61 Å². The van der Waals surface area contributed by atoms with E-state index in [-0.39, 0.29) is 23.9 Å². The standard InChI is InChI=1S/C30H40N4O4/c1-2-38-32-28(30(36)37)27-29(35)34(26-13-6-5-12-25(26)31-27)24-17-21-10-7-11-22(18-24)33(21)23-15-19-8-3-4-9-20(14-19)16-23/h5-6,12-13,19-24H,2-4,7-11,14-18H2,1H3,(H,36,37)/b32-28-/t19?,20?,21-,22+,23?,24?. The predicted molar refractivity (Wildman–Crippen MR) is 146 cm³/mol. The Balaban J connectivity index is 1.36. The van der Waals surface area contributed by atoms with E-state index >= 15 is 0 Å². The molecular weight excluding hydrogens is 480 g/mol. The number of rotatable bonds is 6. The van der Waals surface area contributed by atoms with Crippen molar-refractivity contribution in [2.45, 2.75) is 108 Å². The number of benzene rings is 1. The largest absolute Gasteiger partial charge is 0.476 e. The van der Waals surface area contributed by atoms with Crippen LogP contribution in [-0.4, -0.2) is 56.0 Å². The zero-order valence-corrected chi connectivity index (χ0v) is 22.4. The molecular formula is C30H40N4O4. The summed E-state index contributed by atoms with van der Waals surface area (Å²) in [6.07, 6.45) is 15.1. The van der Waals surface area contributed by atoms with Gasteiger partial charge in [0.05, 0.1) is 11.0 Å². The van der Waals surface area contributed by atoms with Crippen molar-refractivity contribution in [3.63, 3.8) is 0 Å². The number of oxime groups is 1. The van der Waals surface area contributed by atoms with Crippen molar-refractivity contribution in [2.24, 2.45) is 17.0 Å². The Morgan fingerprint density at radius 2 is 1.63 bits per heavy atom. The van der Waals surface area contributed by atoms with Gasteiger partial charge < -0.3 is 14.5 Å². The maximum Gasteiger partial charge on any atom is 0.360 e. The molecule has 38 heavy (non-hydrogen) atoms. The van der Waals surface area contributed by atoms with Gasteiger partial charge in [0, 0.05) is 24.2 Å².